The summed E-state index contributed by atoms with van der Waals surface area (Å²) in [4.78, 5) is 38.9. The first kappa shape index (κ1) is 15.6. The number of esters is 1. The van der Waals surface area contributed by atoms with E-state index in [-0.39, 0.29) is 36.2 Å². The fourth-order valence-corrected chi connectivity index (χ4v) is 3.13. The Labute approximate surface area is 144 Å². The van der Waals surface area contributed by atoms with Gasteiger partial charge >= 0.3 is 5.97 Å². The summed E-state index contributed by atoms with van der Waals surface area (Å²) in [5.41, 5.74) is 2.05. The summed E-state index contributed by atoms with van der Waals surface area (Å²) in [6.07, 6.45) is 1.88. The summed E-state index contributed by atoms with van der Waals surface area (Å²) in [7, 11) is 0. The lowest BCUT2D eigenvalue weighted by Gasteiger charge is -2.13. The van der Waals surface area contributed by atoms with Gasteiger partial charge in [0.25, 0.3) is 11.8 Å². The molecule has 1 aromatic heterocycles. The molecule has 0 saturated heterocycles. The Morgan fingerprint density at radius 3 is 2.76 bits per heavy atom. The highest BCUT2D eigenvalue weighted by atomic mass is 16.5. The van der Waals surface area contributed by atoms with Crippen LogP contribution in [0.15, 0.2) is 24.3 Å². The van der Waals surface area contributed by atoms with Crippen LogP contribution in [0.3, 0.4) is 0 Å². The van der Waals surface area contributed by atoms with Crippen LogP contribution >= 0.6 is 0 Å². The third-order valence-corrected chi connectivity index (χ3v) is 4.53. The summed E-state index contributed by atoms with van der Waals surface area (Å²) >= 11 is 0. The third-order valence-electron chi connectivity index (χ3n) is 4.53. The van der Waals surface area contributed by atoms with Gasteiger partial charge in [0.05, 0.1) is 18.8 Å². The van der Waals surface area contributed by atoms with Gasteiger partial charge in [0.1, 0.15) is 5.56 Å². The maximum Gasteiger partial charge on any atom is 0.342 e. The lowest BCUT2D eigenvalue weighted by Crippen LogP contribution is -2.32. The molecule has 1 N–H and O–H groups in total. The Balaban J connectivity index is 1.69. The molecule has 4 rings (SSSR count). The molecule has 2 aliphatic rings. The number of ether oxygens (including phenoxy) is 1. The van der Waals surface area contributed by atoms with E-state index in [9.17, 15) is 14.4 Å². The molecule has 1 aliphatic heterocycles. The zero-order chi connectivity index (χ0) is 17.6. The molecule has 7 heteroatoms. The maximum absolute atomic E-state index is 12.9. The second-order valence-electron chi connectivity index (χ2n) is 6.21. The number of carbonyl (C=O) groups excluding carboxylic acids is 3. The van der Waals surface area contributed by atoms with Gasteiger partial charge < -0.3 is 4.74 Å². The molecular formula is C18H17N3O4. The van der Waals surface area contributed by atoms with E-state index in [0.717, 1.165) is 23.3 Å². The van der Waals surface area contributed by atoms with Gasteiger partial charge in [-0.1, -0.05) is 18.2 Å². The Hall–Kier alpha value is -2.96. The van der Waals surface area contributed by atoms with Crippen LogP contribution in [-0.2, 0) is 11.3 Å². The molecule has 7 nitrogen and oxygen atoms in total. The van der Waals surface area contributed by atoms with E-state index in [1.165, 1.54) is 0 Å². The van der Waals surface area contributed by atoms with Crippen molar-refractivity contribution in [3.8, 4) is 0 Å². The summed E-state index contributed by atoms with van der Waals surface area (Å²) < 4.78 is 5.09. The number of carbonyl (C=O) groups is 3. The highest BCUT2D eigenvalue weighted by Crippen LogP contribution is 2.41. The van der Waals surface area contributed by atoms with Gasteiger partial charge in [-0.05, 0) is 31.4 Å². The van der Waals surface area contributed by atoms with E-state index in [1.807, 2.05) is 12.1 Å². The van der Waals surface area contributed by atoms with Crippen molar-refractivity contribution >= 4 is 17.8 Å². The molecule has 0 bridgehead atoms. The molecule has 0 spiro atoms. The number of aromatic nitrogens is 2. The zero-order valence-corrected chi connectivity index (χ0v) is 13.7. The van der Waals surface area contributed by atoms with Gasteiger partial charge in [0.2, 0.25) is 0 Å². The number of hydrogen-bond acceptors (Lipinski definition) is 5. The number of fused-ring (bicyclic) bond motifs is 1. The van der Waals surface area contributed by atoms with Gasteiger partial charge in [0.15, 0.2) is 5.69 Å². The Bertz CT molecular complexity index is 882. The number of amides is 2. The summed E-state index contributed by atoms with van der Waals surface area (Å²) in [5.74, 6) is -1.33. The van der Waals surface area contributed by atoms with Crippen molar-refractivity contribution < 1.29 is 19.1 Å². The predicted molar refractivity (Wildman–Crippen MR) is 87.2 cm³/mol. The molecule has 2 heterocycles. The van der Waals surface area contributed by atoms with Crippen molar-refractivity contribution in [2.24, 2.45) is 0 Å². The van der Waals surface area contributed by atoms with Crippen LogP contribution in [0.2, 0.25) is 0 Å². The van der Waals surface area contributed by atoms with Gasteiger partial charge in [-0.15, -0.1) is 0 Å². The fraction of sp³-hybridized carbons (Fsp3) is 0.333. The Morgan fingerprint density at radius 1 is 1.32 bits per heavy atom. The number of nitrogens with one attached hydrogen (secondary N) is 1. The summed E-state index contributed by atoms with van der Waals surface area (Å²) in [6, 6.07) is 7.09. The lowest BCUT2D eigenvalue weighted by atomic mass is 10.1. The Morgan fingerprint density at radius 2 is 2.08 bits per heavy atom. The van der Waals surface area contributed by atoms with Gasteiger partial charge in [-0.2, -0.15) is 5.10 Å². The first-order valence-electron chi connectivity index (χ1n) is 8.31. The van der Waals surface area contributed by atoms with E-state index in [1.54, 1.807) is 19.1 Å². The minimum atomic E-state index is -0.578. The highest BCUT2D eigenvalue weighted by Gasteiger charge is 2.39. The van der Waals surface area contributed by atoms with Crippen LogP contribution < -0.4 is 0 Å². The molecule has 2 aromatic rings. The van der Waals surface area contributed by atoms with Crippen molar-refractivity contribution in [2.75, 3.05) is 6.61 Å². The predicted octanol–water partition coefficient (Wildman–Crippen LogP) is 2.26. The molecule has 25 heavy (non-hydrogen) atoms. The average Bonchev–Trinajstić information content (AvgIpc) is 3.27. The number of hydrogen-bond donors (Lipinski definition) is 1. The molecular weight excluding hydrogens is 322 g/mol. The van der Waals surface area contributed by atoms with Gasteiger partial charge in [0, 0.05) is 11.5 Å². The lowest BCUT2D eigenvalue weighted by molar-refractivity contribution is 0.0511. The van der Waals surface area contributed by atoms with Crippen LogP contribution in [0.5, 0.6) is 0 Å². The zero-order valence-electron chi connectivity index (χ0n) is 13.7. The van der Waals surface area contributed by atoms with E-state index in [2.05, 4.69) is 10.2 Å². The van der Waals surface area contributed by atoms with Crippen LogP contribution in [0.1, 0.15) is 68.1 Å². The van der Waals surface area contributed by atoms with Crippen molar-refractivity contribution in [3.05, 3.63) is 52.3 Å². The van der Waals surface area contributed by atoms with Crippen LogP contribution in [0.4, 0.5) is 0 Å². The van der Waals surface area contributed by atoms with Crippen molar-refractivity contribution in [2.45, 2.75) is 32.2 Å². The number of nitrogens with zero attached hydrogens (tertiary/aromatic N) is 2. The minimum Gasteiger partial charge on any atom is -0.462 e. The second-order valence-corrected chi connectivity index (χ2v) is 6.21. The molecule has 1 aromatic carbocycles. The van der Waals surface area contributed by atoms with E-state index in [4.69, 9.17) is 4.74 Å². The number of benzene rings is 1. The summed E-state index contributed by atoms with van der Waals surface area (Å²) in [6.45, 7) is 2.09. The standard InChI is InChI=1S/C18H17N3O4/c1-2-25-18(24)13-14(10-7-8-10)19-20-15(13)17(23)21-9-11-5-3-4-6-12(11)16(21)22/h3-6,10H,2,7-9H2,1H3,(H,19,20). The first-order valence-corrected chi connectivity index (χ1v) is 8.31. The monoisotopic (exact) mass is 339 g/mol. The van der Waals surface area contributed by atoms with Gasteiger partial charge in [-0.3, -0.25) is 19.6 Å². The topological polar surface area (TPSA) is 92.4 Å². The molecule has 1 fully saturated rings. The molecule has 0 atom stereocenters. The third kappa shape index (κ3) is 2.52. The van der Waals surface area contributed by atoms with E-state index in [0.29, 0.717) is 11.3 Å². The molecule has 1 aliphatic carbocycles. The molecule has 2 amide bonds. The molecule has 128 valence electrons. The number of imide groups is 1. The van der Waals surface area contributed by atoms with Crippen molar-refractivity contribution in [3.63, 3.8) is 0 Å². The number of aromatic amines is 1. The largest absolute Gasteiger partial charge is 0.462 e. The SMILES string of the molecule is CCOC(=O)c1c(C(=O)N2Cc3ccccc3C2=O)n[nH]c1C1CC1. The second kappa shape index (κ2) is 5.84. The molecule has 1 saturated carbocycles. The number of H-pyrrole nitrogens is 1. The van der Waals surface area contributed by atoms with Crippen LogP contribution in [0.25, 0.3) is 0 Å². The molecule has 0 radical (unpaired) electrons. The van der Waals surface area contributed by atoms with Crippen LogP contribution in [-0.4, -0.2) is 39.5 Å². The van der Waals surface area contributed by atoms with E-state index < -0.39 is 11.9 Å². The fourth-order valence-electron chi connectivity index (χ4n) is 3.13. The van der Waals surface area contributed by atoms with Gasteiger partial charge in [-0.25, -0.2) is 4.79 Å². The average molecular weight is 339 g/mol. The van der Waals surface area contributed by atoms with Crippen LogP contribution in [0, 0.1) is 0 Å². The molecule has 0 unspecified atom stereocenters. The van der Waals surface area contributed by atoms with Crippen molar-refractivity contribution in [1.29, 1.82) is 0 Å². The normalized spacial score (nSPS) is 16.0. The maximum atomic E-state index is 12.9. The Kier molecular flexibility index (Phi) is 3.63. The summed E-state index contributed by atoms with van der Waals surface area (Å²) in [5, 5.41) is 6.86. The first-order chi connectivity index (χ1) is 12.1. The van der Waals surface area contributed by atoms with Crippen molar-refractivity contribution in [1.82, 2.24) is 15.1 Å². The number of rotatable bonds is 4. The smallest absolute Gasteiger partial charge is 0.342 e. The highest BCUT2D eigenvalue weighted by molar-refractivity contribution is 6.15. The van der Waals surface area contributed by atoms with E-state index >= 15 is 0 Å². The minimum absolute atomic E-state index is 0.0403. The quantitative estimate of drug-likeness (QED) is 0.681.